The SMILES string of the molecule is NC(=O)c1ccc(NC(=O)NCCCCC2CCCO2)cc1Cl. The second-order valence-corrected chi connectivity index (χ2v) is 5.98. The zero-order valence-electron chi connectivity index (χ0n) is 12.9. The maximum Gasteiger partial charge on any atom is 0.319 e. The van der Waals surface area contributed by atoms with Crippen LogP contribution in [-0.4, -0.2) is 31.2 Å². The summed E-state index contributed by atoms with van der Waals surface area (Å²) in [5, 5.41) is 5.67. The number of nitrogens with one attached hydrogen (secondary N) is 2. The molecule has 0 aliphatic carbocycles. The van der Waals surface area contributed by atoms with Crippen LogP contribution in [0.5, 0.6) is 0 Å². The van der Waals surface area contributed by atoms with Crippen molar-refractivity contribution < 1.29 is 14.3 Å². The third-order valence-electron chi connectivity index (χ3n) is 3.75. The highest BCUT2D eigenvalue weighted by Crippen LogP contribution is 2.20. The van der Waals surface area contributed by atoms with E-state index in [1.165, 1.54) is 12.1 Å². The third kappa shape index (κ3) is 5.73. The van der Waals surface area contributed by atoms with Crippen LogP contribution in [0.4, 0.5) is 10.5 Å². The van der Waals surface area contributed by atoms with Gasteiger partial charge in [-0.2, -0.15) is 0 Å². The van der Waals surface area contributed by atoms with E-state index < -0.39 is 5.91 Å². The molecule has 3 amide bonds. The lowest BCUT2D eigenvalue weighted by atomic mass is 10.1. The molecule has 126 valence electrons. The van der Waals surface area contributed by atoms with Gasteiger partial charge in [-0.3, -0.25) is 4.79 Å². The smallest absolute Gasteiger partial charge is 0.319 e. The fraction of sp³-hybridized carbons (Fsp3) is 0.500. The average Bonchev–Trinajstić information content (AvgIpc) is 3.00. The van der Waals surface area contributed by atoms with Gasteiger partial charge in [0.25, 0.3) is 0 Å². The highest BCUT2D eigenvalue weighted by molar-refractivity contribution is 6.34. The van der Waals surface area contributed by atoms with Gasteiger partial charge < -0.3 is 21.1 Å². The van der Waals surface area contributed by atoms with Crippen LogP contribution in [0, 0.1) is 0 Å². The van der Waals surface area contributed by atoms with Gasteiger partial charge in [0.15, 0.2) is 0 Å². The number of anilines is 1. The second kappa shape index (κ2) is 8.74. The first-order chi connectivity index (χ1) is 11.1. The Bertz CT molecular complexity index is 560. The number of nitrogens with two attached hydrogens (primary N) is 1. The van der Waals surface area contributed by atoms with Crippen molar-refractivity contribution in [2.45, 2.75) is 38.2 Å². The molecule has 1 aromatic carbocycles. The number of carbonyl (C=O) groups excluding carboxylic acids is 2. The summed E-state index contributed by atoms with van der Waals surface area (Å²) in [4.78, 5) is 22.9. The number of rotatable bonds is 7. The lowest BCUT2D eigenvalue weighted by Crippen LogP contribution is -2.29. The monoisotopic (exact) mass is 339 g/mol. The van der Waals surface area contributed by atoms with E-state index in [4.69, 9.17) is 22.1 Å². The minimum atomic E-state index is -0.600. The van der Waals surface area contributed by atoms with Crippen LogP contribution in [0.15, 0.2) is 18.2 Å². The summed E-state index contributed by atoms with van der Waals surface area (Å²) in [5.41, 5.74) is 5.91. The van der Waals surface area contributed by atoms with Gasteiger partial charge in [-0.25, -0.2) is 4.79 Å². The van der Waals surface area contributed by atoms with E-state index in [1.54, 1.807) is 6.07 Å². The van der Waals surface area contributed by atoms with Crippen LogP contribution in [0.3, 0.4) is 0 Å². The number of halogens is 1. The summed E-state index contributed by atoms with van der Waals surface area (Å²) in [6, 6.07) is 4.27. The van der Waals surface area contributed by atoms with Crippen LogP contribution in [0.25, 0.3) is 0 Å². The van der Waals surface area contributed by atoms with Crippen molar-refractivity contribution in [3.8, 4) is 0 Å². The minimum absolute atomic E-state index is 0.215. The summed E-state index contributed by atoms with van der Waals surface area (Å²) >= 11 is 5.93. The van der Waals surface area contributed by atoms with E-state index in [1.807, 2.05) is 0 Å². The summed E-state index contributed by atoms with van der Waals surface area (Å²) in [5.74, 6) is -0.600. The summed E-state index contributed by atoms with van der Waals surface area (Å²) < 4.78 is 5.55. The Kier molecular flexibility index (Phi) is 6.67. The van der Waals surface area contributed by atoms with Crippen LogP contribution >= 0.6 is 11.6 Å². The lowest BCUT2D eigenvalue weighted by molar-refractivity contribution is 0.0999. The summed E-state index contributed by atoms with van der Waals surface area (Å²) in [6.45, 7) is 1.48. The van der Waals surface area contributed by atoms with Gasteiger partial charge in [-0.1, -0.05) is 11.6 Å². The molecule has 0 saturated carbocycles. The third-order valence-corrected chi connectivity index (χ3v) is 4.07. The maximum absolute atomic E-state index is 11.8. The van der Waals surface area contributed by atoms with E-state index in [0.29, 0.717) is 18.3 Å². The molecule has 1 heterocycles. The summed E-state index contributed by atoms with van der Waals surface area (Å²) in [6.07, 6.45) is 5.69. The van der Waals surface area contributed by atoms with Crippen molar-refractivity contribution in [3.63, 3.8) is 0 Å². The highest BCUT2D eigenvalue weighted by atomic mass is 35.5. The number of hydrogen-bond acceptors (Lipinski definition) is 3. The van der Waals surface area contributed by atoms with Crippen LogP contribution < -0.4 is 16.4 Å². The predicted octanol–water partition coefficient (Wildman–Crippen LogP) is 2.91. The van der Waals surface area contributed by atoms with Crippen LogP contribution in [0.2, 0.25) is 5.02 Å². The average molecular weight is 340 g/mol. The second-order valence-electron chi connectivity index (χ2n) is 5.57. The van der Waals surface area contributed by atoms with E-state index in [-0.39, 0.29) is 16.6 Å². The number of urea groups is 1. The van der Waals surface area contributed by atoms with Crippen molar-refractivity contribution in [2.24, 2.45) is 5.73 Å². The molecule has 1 fully saturated rings. The van der Waals surface area contributed by atoms with Crippen molar-refractivity contribution >= 4 is 29.2 Å². The fourth-order valence-electron chi connectivity index (χ4n) is 2.54. The molecule has 1 unspecified atom stereocenters. The Balaban J connectivity index is 1.66. The molecular weight excluding hydrogens is 318 g/mol. The number of ether oxygens (including phenoxy) is 1. The number of amides is 3. The first kappa shape index (κ1) is 17.6. The molecule has 6 nitrogen and oxygen atoms in total. The van der Waals surface area contributed by atoms with Gasteiger partial charge in [0.1, 0.15) is 0 Å². The van der Waals surface area contributed by atoms with E-state index in [0.717, 1.165) is 38.7 Å². The van der Waals surface area contributed by atoms with Gasteiger partial charge in [-0.15, -0.1) is 0 Å². The molecule has 1 atom stereocenters. The van der Waals surface area contributed by atoms with E-state index >= 15 is 0 Å². The molecule has 7 heteroatoms. The fourth-order valence-corrected chi connectivity index (χ4v) is 2.81. The maximum atomic E-state index is 11.8. The lowest BCUT2D eigenvalue weighted by Gasteiger charge is -2.10. The molecular formula is C16H22ClN3O3. The van der Waals surface area contributed by atoms with Gasteiger partial charge >= 0.3 is 6.03 Å². The van der Waals surface area contributed by atoms with Crippen molar-refractivity contribution in [1.29, 1.82) is 0 Å². The molecule has 1 aliphatic rings. The van der Waals surface area contributed by atoms with Crippen molar-refractivity contribution in [1.82, 2.24) is 5.32 Å². The minimum Gasteiger partial charge on any atom is -0.378 e. The Hall–Kier alpha value is -1.79. The largest absolute Gasteiger partial charge is 0.378 e. The molecule has 1 saturated heterocycles. The van der Waals surface area contributed by atoms with Crippen LogP contribution in [-0.2, 0) is 4.74 Å². The van der Waals surface area contributed by atoms with Gasteiger partial charge in [0, 0.05) is 18.8 Å². The Morgan fingerprint density at radius 3 is 2.83 bits per heavy atom. The Morgan fingerprint density at radius 1 is 1.35 bits per heavy atom. The molecule has 0 bridgehead atoms. The molecule has 1 aliphatic heterocycles. The first-order valence-electron chi connectivity index (χ1n) is 7.82. The summed E-state index contributed by atoms with van der Waals surface area (Å²) in [7, 11) is 0. The molecule has 0 spiro atoms. The van der Waals surface area contributed by atoms with Gasteiger partial charge in [0.2, 0.25) is 5.91 Å². The quantitative estimate of drug-likeness (QED) is 0.667. The standard InChI is InChI=1S/C16H22ClN3O3/c17-14-10-11(6-7-13(14)15(18)21)20-16(22)19-8-2-1-4-12-5-3-9-23-12/h6-7,10,12H,1-5,8-9H2,(H2,18,21)(H2,19,20,22). The number of benzene rings is 1. The van der Waals surface area contributed by atoms with E-state index in [2.05, 4.69) is 10.6 Å². The normalized spacial score (nSPS) is 17.0. The molecule has 23 heavy (non-hydrogen) atoms. The Morgan fingerprint density at radius 2 is 2.17 bits per heavy atom. The highest BCUT2D eigenvalue weighted by Gasteiger charge is 2.14. The van der Waals surface area contributed by atoms with Crippen molar-refractivity contribution in [2.75, 3.05) is 18.5 Å². The molecule has 0 aromatic heterocycles. The number of unbranched alkanes of at least 4 members (excludes halogenated alkanes) is 1. The van der Waals surface area contributed by atoms with Gasteiger partial charge in [-0.05, 0) is 50.3 Å². The van der Waals surface area contributed by atoms with Crippen LogP contribution in [0.1, 0.15) is 42.5 Å². The molecule has 1 aromatic rings. The van der Waals surface area contributed by atoms with Gasteiger partial charge in [0.05, 0.1) is 16.7 Å². The zero-order valence-corrected chi connectivity index (χ0v) is 13.7. The Labute approximate surface area is 140 Å². The molecule has 0 radical (unpaired) electrons. The molecule has 2 rings (SSSR count). The first-order valence-corrected chi connectivity index (χ1v) is 8.20. The molecule has 4 N–H and O–H groups in total. The number of carbonyl (C=O) groups is 2. The topological polar surface area (TPSA) is 93.5 Å². The zero-order chi connectivity index (χ0) is 16.7. The number of primary amides is 1. The number of hydrogen-bond donors (Lipinski definition) is 3. The van der Waals surface area contributed by atoms with Crippen molar-refractivity contribution in [3.05, 3.63) is 28.8 Å². The predicted molar refractivity (Wildman–Crippen MR) is 89.8 cm³/mol. The van der Waals surface area contributed by atoms with E-state index in [9.17, 15) is 9.59 Å².